The summed E-state index contributed by atoms with van der Waals surface area (Å²) in [4.78, 5) is 4.16. The summed E-state index contributed by atoms with van der Waals surface area (Å²) < 4.78 is 1.74. The zero-order valence-electron chi connectivity index (χ0n) is 7.31. The summed E-state index contributed by atoms with van der Waals surface area (Å²) in [7, 11) is 1.87. The fourth-order valence-electron chi connectivity index (χ4n) is 1.15. The predicted molar refractivity (Wildman–Crippen MR) is 50.9 cm³/mol. The first-order valence-corrected chi connectivity index (χ1v) is 3.98. The van der Waals surface area contributed by atoms with E-state index >= 15 is 0 Å². The normalized spacial score (nSPS) is 10.2. The van der Waals surface area contributed by atoms with E-state index in [0.717, 1.165) is 11.4 Å². The number of aryl methyl sites for hydroxylation is 1. The van der Waals surface area contributed by atoms with Crippen molar-refractivity contribution in [2.45, 2.75) is 0 Å². The van der Waals surface area contributed by atoms with Crippen molar-refractivity contribution in [1.82, 2.24) is 14.8 Å². The Kier molecular flexibility index (Phi) is 1.73. The fourth-order valence-corrected chi connectivity index (χ4v) is 1.15. The standard InChI is InChI=1S/C9H10N4/c1-13-6-5-8(12-13)7-3-2-4-9(10)11-7/h2-6H,1H3,(H2,10,11). The SMILES string of the molecule is Cn1ccc(-c2cccc(N)n2)n1. The molecule has 2 aromatic heterocycles. The minimum atomic E-state index is 0.517. The van der Waals surface area contributed by atoms with Crippen molar-refractivity contribution >= 4 is 5.82 Å². The highest BCUT2D eigenvalue weighted by Gasteiger charge is 2.01. The van der Waals surface area contributed by atoms with E-state index in [0.29, 0.717) is 5.82 Å². The smallest absolute Gasteiger partial charge is 0.124 e. The van der Waals surface area contributed by atoms with E-state index in [2.05, 4.69) is 10.1 Å². The van der Waals surface area contributed by atoms with Crippen LogP contribution in [0.2, 0.25) is 0 Å². The van der Waals surface area contributed by atoms with Gasteiger partial charge in [0.25, 0.3) is 0 Å². The van der Waals surface area contributed by atoms with E-state index in [9.17, 15) is 0 Å². The van der Waals surface area contributed by atoms with Gasteiger partial charge in [0.1, 0.15) is 11.5 Å². The number of aromatic nitrogens is 3. The maximum absolute atomic E-state index is 5.56. The number of nitrogens with zero attached hydrogens (tertiary/aromatic N) is 3. The first-order valence-electron chi connectivity index (χ1n) is 3.98. The number of anilines is 1. The summed E-state index contributed by atoms with van der Waals surface area (Å²) >= 11 is 0. The topological polar surface area (TPSA) is 56.7 Å². The number of nitrogen functional groups attached to an aromatic ring is 1. The van der Waals surface area contributed by atoms with Gasteiger partial charge in [0.05, 0.1) is 5.69 Å². The van der Waals surface area contributed by atoms with Crippen molar-refractivity contribution in [3.8, 4) is 11.4 Å². The van der Waals surface area contributed by atoms with Crippen LogP contribution in [0.1, 0.15) is 0 Å². The summed E-state index contributed by atoms with van der Waals surface area (Å²) in [5.74, 6) is 0.517. The molecule has 13 heavy (non-hydrogen) atoms. The molecule has 2 heterocycles. The molecule has 0 aromatic carbocycles. The van der Waals surface area contributed by atoms with Crippen molar-refractivity contribution in [2.24, 2.45) is 7.05 Å². The predicted octanol–water partition coefficient (Wildman–Crippen LogP) is 1.06. The lowest BCUT2D eigenvalue weighted by Gasteiger charge is -1.96. The van der Waals surface area contributed by atoms with E-state index in [-0.39, 0.29) is 0 Å². The molecule has 0 saturated carbocycles. The Balaban J connectivity index is 2.46. The van der Waals surface area contributed by atoms with Gasteiger partial charge in [-0.15, -0.1) is 0 Å². The molecule has 4 nitrogen and oxygen atoms in total. The fraction of sp³-hybridized carbons (Fsp3) is 0.111. The zero-order chi connectivity index (χ0) is 9.26. The average Bonchev–Trinajstić information content (AvgIpc) is 2.52. The van der Waals surface area contributed by atoms with Gasteiger partial charge in [0.2, 0.25) is 0 Å². The highest BCUT2D eigenvalue weighted by molar-refractivity contribution is 5.55. The first kappa shape index (κ1) is 7.79. The van der Waals surface area contributed by atoms with Gasteiger partial charge in [-0.05, 0) is 18.2 Å². The molecule has 4 heteroatoms. The molecule has 0 aliphatic rings. The second kappa shape index (κ2) is 2.90. The van der Waals surface area contributed by atoms with Crippen LogP contribution in [0, 0.1) is 0 Å². The van der Waals surface area contributed by atoms with Crippen molar-refractivity contribution in [1.29, 1.82) is 0 Å². The molecular weight excluding hydrogens is 164 g/mol. The van der Waals surface area contributed by atoms with Crippen LogP contribution < -0.4 is 5.73 Å². The number of hydrogen-bond donors (Lipinski definition) is 1. The first-order chi connectivity index (χ1) is 6.25. The second-order valence-electron chi connectivity index (χ2n) is 2.82. The maximum Gasteiger partial charge on any atom is 0.124 e. The average molecular weight is 174 g/mol. The monoisotopic (exact) mass is 174 g/mol. The molecule has 2 N–H and O–H groups in total. The van der Waals surface area contributed by atoms with Crippen molar-refractivity contribution < 1.29 is 0 Å². The minimum Gasteiger partial charge on any atom is -0.384 e. The number of rotatable bonds is 1. The zero-order valence-corrected chi connectivity index (χ0v) is 7.31. The lowest BCUT2D eigenvalue weighted by molar-refractivity contribution is 0.770. The van der Waals surface area contributed by atoms with Gasteiger partial charge in [0, 0.05) is 13.2 Å². The highest BCUT2D eigenvalue weighted by Crippen LogP contribution is 2.14. The molecule has 0 aliphatic carbocycles. The summed E-state index contributed by atoms with van der Waals surface area (Å²) in [6.45, 7) is 0. The van der Waals surface area contributed by atoms with Crippen LogP contribution in [-0.4, -0.2) is 14.8 Å². The van der Waals surface area contributed by atoms with Crippen LogP contribution in [0.25, 0.3) is 11.4 Å². The summed E-state index contributed by atoms with van der Waals surface area (Å²) in [6.07, 6.45) is 1.88. The molecule has 0 radical (unpaired) electrons. The number of nitrogens with two attached hydrogens (primary N) is 1. The molecule has 0 amide bonds. The Labute approximate surface area is 76.0 Å². The molecule has 2 rings (SSSR count). The Hall–Kier alpha value is -1.84. The summed E-state index contributed by atoms with van der Waals surface area (Å²) in [6, 6.07) is 7.42. The van der Waals surface area contributed by atoms with Crippen LogP contribution in [0.4, 0.5) is 5.82 Å². The van der Waals surface area contributed by atoms with E-state index in [1.54, 1.807) is 10.7 Å². The molecule has 0 unspecified atom stereocenters. The quantitative estimate of drug-likeness (QED) is 0.703. The molecular formula is C9H10N4. The van der Waals surface area contributed by atoms with Gasteiger partial charge >= 0.3 is 0 Å². The van der Waals surface area contributed by atoms with Crippen molar-refractivity contribution in [3.63, 3.8) is 0 Å². The molecule has 0 saturated heterocycles. The number of pyridine rings is 1. The highest BCUT2D eigenvalue weighted by atomic mass is 15.2. The Morgan fingerprint density at radius 3 is 2.69 bits per heavy atom. The van der Waals surface area contributed by atoms with Crippen molar-refractivity contribution in [2.75, 3.05) is 5.73 Å². The second-order valence-corrected chi connectivity index (χ2v) is 2.82. The lowest BCUT2D eigenvalue weighted by Crippen LogP contribution is -1.93. The minimum absolute atomic E-state index is 0.517. The molecule has 0 aliphatic heterocycles. The largest absolute Gasteiger partial charge is 0.384 e. The molecule has 0 spiro atoms. The third-order valence-electron chi connectivity index (χ3n) is 1.75. The summed E-state index contributed by atoms with van der Waals surface area (Å²) in [5.41, 5.74) is 7.21. The van der Waals surface area contributed by atoms with Gasteiger partial charge in [0.15, 0.2) is 0 Å². The van der Waals surface area contributed by atoms with E-state index < -0.39 is 0 Å². The lowest BCUT2D eigenvalue weighted by atomic mass is 10.3. The molecule has 0 atom stereocenters. The van der Waals surface area contributed by atoms with Crippen LogP contribution in [-0.2, 0) is 7.05 Å². The van der Waals surface area contributed by atoms with Crippen LogP contribution >= 0.6 is 0 Å². The molecule has 2 aromatic rings. The van der Waals surface area contributed by atoms with E-state index in [1.807, 2.05) is 31.4 Å². The third kappa shape index (κ3) is 1.51. The Morgan fingerprint density at radius 1 is 1.23 bits per heavy atom. The Morgan fingerprint density at radius 2 is 2.08 bits per heavy atom. The van der Waals surface area contributed by atoms with Gasteiger partial charge < -0.3 is 5.73 Å². The van der Waals surface area contributed by atoms with Crippen LogP contribution in [0.5, 0.6) is 0 Å². The van der Waals surface area contributed by atoms with Gasteiger partial charge in [-0.25, -0.2) is 4.98 Å². The van der Waals surface area contributed by atoms with Crippen LogP contribution in [0.15, 0.2) is 30.5 Å². The van der Waals surface area contributed by atoms with Crippen molar-refractivity contribution in [3.05, 3.63) is 30.5 Å². The van der Waals surface area contributed by atoms with Gasteiger partial charge in [-0.1, -0.05) is 6.07 Å². The summed E-state index contributed by atoms with van der Waals surface area (Å²) in [5, 5.41) is 4.22. The van der Waals surface area contributed by atoms with Gasteiger partial charge in [-0.3, -0.25) is 4.68 Å². The molecule has 0 bridgehead atoms. The third-order valence-corrected chi connectivity index (χ3v) is 1.75. The van der Waals surface area contributed by atoms with E-state index in [4.69, 9.17) is 5.73 Å². The number of hydrogen-bond acceptors (Lipinski definition) is 3. The molecule has 0 fully saturated rings. The Bertz CT molecular complexity index is 419. The van der Waals surface area contributed by atoms with Gasteiger partial charge in [-0.2, -0.15) is 5.10 Å². The maximum atomic E-state index is 5.56. The van der Waals surface area contributed by atoms with E-state index in [1.165, 1.54) is 0 Å². The molecule has 66 valence electrons. The van der Waals surface area contributed by atoms with Crippen LogP contribution in [0.3, 0.4) is 0 Å².